The van der Waals surface area contributed by atoms with Crippen molar-refractivity contribution in [2.24, 2.45) is 11.8 Å². The molecule has 0 aliphatic rings. The van der Waals surface area contributed by atoms with Crippen LogP contribution in [0.4, 0.5) is 0 Å². The molecule has 0 rings (SSSR count). The van der Waals surface area contributed by atoms with Crippen molar-refractivity contribution in [3.63, 3.8) is 0 Å². The Balaban J connectivity index is 3.79. The van der Waals surface area contributed by atoms with E-state index in [9.17, 15) is 0 Å². The van der Waals surface area contributed by atoms with E-state index in [1.807, 2.05) is 6.92 Å². The fourth-order valence-corrected chi connectivity index (χ4v) is 1.79. The van der Waals surface area contributed by atoms with Gasteiger partial charge in [0.15, 0.2) is 0 Å². The van der Waals surface area contributed by atoms with Crippen LogP contribution in [0.1, 0.15) is 34.1 Å². The molecule has 0 aliphatic carbocycles. The average Bonchev–Trinajstić information content (AvgIpc) is 2.28. The minimum atomic E-state index is 0.135. The maximum Gasteiger partial charge on any atom is 0.0666 e. The molecule has 2 atom stereocenters. The van der Waals surface area contributed by atoms with Crippen LogP contribution in [0.5, 0.6) is 0 Å². The van der Waals surface area contributed by atoms with Gasteiger partial charge in [0.25, 0.3) is 0 Å². The summed E-state index contributed by atoms with van der Waals surface area (Å²) in [6, 6.07) is 2.30. The van der Waals surface area contributed by atoms with Gasteiger partial charge in [-0.3, -0.25) is 0 Å². The Bertz CT molecular complexity index is 198. The highest BCUT2D eigenvalue weighted by Crippen LogP contribution is 2.03. The van der Waals surface area contributed by atoms with Crippen molar-refractivity contribution in [3.8, 4) is 6.07 Å². The van der Waals surface area contributed by atoms with Gasteiger partial charge in [-0.05, 0) is 38.9 Å². The monoisotopic (exact) mass is 225 g/mol. The van der Waals surface area contributed by atoms with Gasteiger partial charge in [0, 0.05) is 13.1 Å². The van der Waals surface area contributed by atoms with Gasteiger partial charge < -0.3 is 10.2 Å². The van der Waals surface area contributed by atoms with E-state index in [4.69, 9.17) is 5.26 Å². The summed E-state index contributed by atoms with van der Waals surface area (Å²) in [7, 11) is 0. The Morgan fingerprint density at radius 3 is 2.44 bits per heavy atom. The number of nitrogens with zero attached hydrogens (tertiary/aromatic N) is 2. The summed E-state index contributed by atoms with van der Waals surface area (Å²) in [5.74, 6) is 0.785. The van der Waals surface area contributed by atoms with Crippen LogP contribution in [0.2, 0.25) is 0 Å². The van der Waals surface area contributed by atoms with Gasteiger partial charge in [-0.25, -0.2) is 0 Å². The SMILES string of the molecule is CCCNCC(C)CN(CC)CC(C)C#N. The minimum Gasteiger partial charge on any atom is -0.316 e. The van der Waals surface area contributed by atoms with Gasteiger partial charge >= 0.3 is 0 Å². The van der Waals surface area contributed by atoms with Gasteiger partial charge in [-0.2, -0.15) is 5.26 Å². The summed E-state index contributed by atoms with van der Waals surface area (Å²) in [6.45, 7) is 13.8. The summed E-state index contributed by atoms with van der Waals surface area (Å²) in [4.78, 5) is 2.37. The molecule has 0 bridgehead atoms. The van der Waals surface area contributed by atoms with Crippen LogP contribution in [0.3, 0.4) is 0 Å². The van der Waals surface area contributed by atoms with E-state index in [0.717, 1.165) is 32.7 Å². The first-order valence-electron chi connectivity index (χ1n) is 6.46. The molecule has 1 N–H and O–H groups in total. The molecule has 0 spiro atoms. The first-order valence-corrected chi connectivity index (χ1v) is 6.46. The van der Waals surface area contributed by atoms with Crippen LogP contribution < -0.4 is 5.32 Å². The van der Waals surface area contributed by atoms with E-state index in [1.54, 1.807) is 0 Å². The smallest absolute Gasteiger partial charge is 0.0666 e. The number of nitriles is 1. The molecule has 2 unspecified atom stereocenters. The second-order valence-corrected chi connectivity index (χ2v) is 4.69. The molecule has 0 heterocycles. The Hall–Kier alpha value is -0.590. The molecule has 0 saturated heterocycles. The Morgan fingerprint density at radius 1 is 1.25 bits per heavy atom. The third kappa shape index (κ3) is 7.67. The van der Waals surface area contributed by atoms with E-state index in [0.29, 0.717) is 5.92 Å². The van der Waals surface area contributed by atoms with E-state index in [2.05, 4.69) is 37.1 Å². The Labute approximate surface area is 101 Å². The summed E-state index contributed by atoms with van der Waals surface area (Å²) >= 11 is 0. The van der Waals surface area contributed by atoms with Crippen molar-refractivity contribution in [3.05, 3.63) is 0 Å². The first kappa shape index (κ1) is 15.4. The summed E-state index contributed by atoms with van der Waals surface area (Å²) in [5, 5.41) is 12.2. The molecule has 16 heavy (non-hydrogen) atoms. The molecule has 0 fully saturated rings. The predicted octanol–water partition coefficient (Wildman–Crippen LogP) is 2.10. The maximum atomic E-state index is 8.80. The highest BCUT2D eigenvalue weighted by molar-refractivity contribution is 4.81. The lowest BCUT2D eigenvalue weighted by Crippen LogP contribution is -2.35. The first-order chi connectivity index (χ1) is 7.63. The third-order valence-electron chi connectivity index (χ3n) is 2.69. The van der Waals surface area contributed by atoms with Crippen molar-refractivity contribution in [1.29, 1.82) is 5.26 Å². The molecule has 0 aromatic rings. The second kappa shape index (κ2) is 9.62. The Kier molecular flexibility index (Phi) is 9.27. The lowest BCUT2D eigenvalue weighted by molar-refractivity contribution is 0.230. The van der Waals surface area contributed by atoms with Crippen molar-refractivity contribution in [2.75, 3.05) is 32.7 Å². The normalized spacial score (nSPS) is 14.8. The van der Waals surface area contributed by atoms with Gasteiger partial charge in [-0.1, -0.05) is 20.8 Å². The van der Waals surface area contributed by atoms with Crippen LogP contribution in [-0.2, 0) is 0 Å². The van der Waals surface area contributed by atoms with Crippen molar-refractivity contribution in [2.45, 2.75) is 34.1 Å². The van der Waals surface area contributed by atoms with Gasteiger partial charge in [0.2, 0.25) is 0 Å². The number of rotatable bonds is 9. The Morgan fingerprint density at radius 2 is 1.94 bits per heavy atom. The molecule has 0 amide bonds. The van der Waals surface area contributed by atoms with Crippen LogP contribution in [0.15, 0.2) is 0 Å². The van der Waals surface area contributed by atoms with Crippen LogP contribution in [-0.4, -0.2) is 37.6 Å². The predicted molar refractivity (Wildman–Crippen MR) is 69.2 cm³/mol. The zero-order chi connectivity index (χ0) is 12.4. The van der Waals surface area contributed by atoms with Crippen molar-refractivity contribution < 1.29 is 0 Å². The van der Waals surface area contributed by atoms with Gasteiger partial charge in [-0.15, -0.1) is 0 Å². The number of hydrogen-bond donors (Lipinski definition) is 1. The molecule has 0 saturated carbocycles. The molecule has 94 valence electrons. The molecule has 0 aromatic carbocycles. The van der Waals surface area contributed by atoms with Crippen molar-refractivity contribution >= 4 is 0 Å². The van der Waals surface area contributed by atoms with E-state index in [-0.39, 0.29) is 5.92 Å². The molecular weight excluding hydrogens is 198 g/mol. The van der Waals surface area contributed by atoms with Gasteiger partial charge in [0.05, 0.1) is 12.0 Å². The lowest BCUT2D eigenvalue weighted by atomic mass is 10.1. The topological polar surface area (TPSA) is 39.1 Å². The zero-order valence-corrected chi connectivity index (χ0v) is 11.3. The maximum absolute atomic E-state index is 8.80. The number of nitrogens with one attached hydrogen (secondary N) is 1. The zero-order valence-electron chi connectivity index (χ0n) is 11.3. The van der Waals surface area contributed by atoms with E-state index >= 15 is 0 Å². The standard InChI is InChI=1S/C13H27N3/c1-5-7-15-9-13(4)11-16(6-2)10-12(3)8-14/h12-13,15H,5-7,9-11H2,1-4H3. The average molecular weight is 225 g/mol. The molecule has 0 radical (unpaired) electrons. The number of hydrogen-bond acceptors (Lipinski definition) is 3. The van der Waals surface area contributed by atoms with Crippen LogP contribution in [0, 0.1) is 23.2 Å². The highest BCUT2D eigenvalue weighted by Gasteiger charge is 2.11. The largest absolute Gasteiger partial charge is 0.316 e. The summed E-state index contributed by atoms with van der Waals surface area (Å²) in [6.07, 6.45) is 1.19. The fraction of sp³-hybridized carbons (Fsp3) is 0.923. The molecular formula is C13H27N3. The lowest BCUT2D eigenvalue weighted by Gasteiger charge is -2.25. The molecule has 3 heteroatoms. The third-order valence-corrected chi connectivity index (χ3v) is 2.69. The van der Waals surface area contributed by atoms with Crippen molar-refractivity contribution in [1.82, 2.24) is 10.2 Å². The molecule has 0 aromatic heterocycles. The minimum absolute atomic E-state index is 0.135. The van der Waals surface area contributed by atoms with E-state index in [1.165, 1.54) is 6.42 Å². The second-order valence-electron chi connectivity index (χ2n) is 4.69. The van der Waals surface area contributed by atoms with Gasteiger partial charge in [0.1, 0.15) is 0 Å². The van der Waals surface area contributed by atoms with Crippen LogP contribution in [0.25, 0.3) is 0 Å². The quantitative estimate of drug-likeness (QED) is 0.611. The van der Waals surface area contributed by atoms with E-state index < -0.39 is 0 Å². The van der Waals surface area contributed by atoms with Crippen LogP contribution >= 0.6 is 0 Å². The fourth-order valence-electron chi connectivity index (χ4n) is 1.79. The summed E-state index contributed by atoms with van der Waals surface area (Å²) in [5.41, 5.74) is 0. The summed E-state index contributed by atoms with van der Waals surface area (Å²) < 4.78 is 0. The highest BCUT2D eigenvalue weighted by atomic mass is 15.1. The molecule has 3 nitrogen and oxygen atoms in total. The molecule has 0 aliphatic heterocycles.